The molecule has 6 heteroatoms. The molecule has 0 atom stereocenters. The number of halogens is 2. The average molecular weight is 242 g/mol. The summed E-state index contributed by atoms with van der Waals surface area (Å²) in [6.45, 7) is 0.169. The first-order valence-electron chi connectivity index (χ1n) is 4.52. The number of nitrogens with zero attached hydrogens (tertiary/aromatic N) is 2. The Bertz CT molecular complexity index is 501. The first kappa shape index (κ1) is 10.8. The van der Waals surface area contributed by atoms with Gasteiger partial charge in [0.05, 0.1) is 5.02 Å². The summed E-state index contributed by atoms with van der Waals surface area (Å²) in [6, 6.07) is 5.58. The van der Waals surface area contributed by atoms with Crippen molar-refractivity contribution in [2.75, 3.05) is 5.73 Å². The molecule has 0 aliphatic heterocycles. The lowest BCUT2D eigenvalue weighted by Crippen LogP contribution is -2.06. The molecule has 2 rings (SSSR count). The Labute approximate surface area is 96.4 Å². The Morgan fingerprint density at radius 2 is 2.25 bits per heavy atom. The van der Waals surface area contributed by atoms with Gasteiger partial charge in [0.1, 0.15) is 17.4 Å². The van der Waals surface area contributed by atoms with E-state index < -0.39 is 5.82 Å². The molecule has 1 heterocycles. The molecule has 0 saturated carbocycles. The van der Waals surface area contributed by atoms with Crippen molar-refractivity contribution in [1.29, 1.82) is 0 Å². The number of anilines is 1. The number of rotatable bonds is 3. The van der Waals surface area contributed by atoms with Crippen molar-refractivity contribution in [3.63, 3.8) is 0 Å². The third-order valence-corrected chi connectivity index (χ3v) is 2.20. The highest BCUT2D eigenvalue weighted by Gasteiger charge is 2.03. The van der Waals surface area contributed by atoms with E-state index in [-0.39, 0.29) is 11.8 Å². The summed E-state index contributed by atoms with van der Waals surface area (Å²) in [6.07, 6.45) is 1.67. The zero-order valence-corrected chi connectivity index (χ0v) is 8.99. The van der Waals surface area contributed by atoms with E-state index in [4.69, 9.17) is 22.1 Å². The van der Waals surface area contributed by atoms with Crippen molar-refractivity contribution < 1.29 is 9.13 Å². The third kappa shape index (κ3) is 2.43. The maximum Gasteiger partial charge on any atom is 0.181 e. The summed E-state index contributed by atoms with van der Waals surface area (Å²) in [4.78, 5) is 0. The number of nitrogen functional groups attached to an aromatic ring is 1. The largest absolute Gasteiger partial charge is 0.470 e. The van der Waals surface area contributed by atoms with Gasteiger partial charge >= 0.3 is 0 Å². The molecule has 2 N–H and O–H groups in total. The van der Waals surface area contributed by atoms with E-state index in [1.54, 1.807) is 12.3 Å². The molecule has 0 radical (unpaired) electrons. The van der Waals surface area contributed by atoms with Crippen LogP contribution in [0.3, 0.4) is 0 Å². The van der Waals surface area contributed by atoms with Crippen molar-refractivity contribution in [2.24, 2.45) is 0 Å². The van der Waals surface area contributed by atoms with Gasteiger partial charge in [-0.15, -0.1) is 0 Å². The van der Waals surface area contributed by atoms with E-state index in [1.165, 1.54) is 22.9 Å². The van der Waals surface area contributed by atoms with Gasteiger partial charge in [0.15, 0.2) is 6.73 Å². The predicted octanol–water partition coefficient (Wildman–Crippen LogP) is 2.29. The van der Waals surface area contributed by atoms with E-state index in [2.05, 4.69) is 5.10 Å². The minimum Gasteiger partial charge on any atom is -0.470 e. The van der Waals surface area contributed by atoms with Gasteiger partial charge in [-0.3, -0.25) is 0 Å². The highest BCUT2D eigenvalue weighted by Crippen LogP contribution is 2.24. The zero-order valence-electron chi connectivity index (χ0n) is 8.23. The van der Waals surface area contributed by atoms with E-state index in [0.29, 0.717) is 11.6 Å². The molecule has 0 saturated heterocycles. The molecule has 2 aromatic rings. The lowest BCUT2D eigenvalue weighted by Gasteiger charge is -2.07. The minimum atomic E-state index is -0.402. The molecule has 0 bridgehead atoms. The van der Waals surface area contributed by atoms with Crippen LogP contribution < -0.4 is 10.5 Å². The van der Waals surface area contributed by atoms with Gasteiger partial charge < -0.3 is 10.5 Å². The molecule has 16 heavy (non-hydrogen) atoms. The fourth-order valence-electron chi connectivity index (χ4n) is 1.18. The van der Waals surface area contributed by atoms with Crippen LogP contribution in [0.15, 0.2) is 30.5 Å². The highest BCUT2D eigenvalue weighted by atomic mass is 35.5. The van der Waals surface area contributed by atoms with Crippen molar-refractivity contribution in [2.45, 2.75) is 6.73 Å². The average Bonchev–Trinajstić information content (AvgIpc) is 2.63. The van der Waals surface area contributed by atoms with E-state index in [9.17, 15) is 4.39 Å². The van der Waals surface area contributed by atoms with E-state index >= 15 is 0 Å². The van der Waals surface area contributed by atoms with Crippen molar-refractivity contribution in [3.05, 3.63) is 41.3 Å². The molecule has 0 amide bonds. The maximum absolute atomic E-state index is 12.7. The number of benzene rings is 1. The van der Waals surface area contributed by atoms with Crippen molar-refractivity contribution in [3.8, 4) is 5.75 Å². The van der Waals surface area contributed by atoms with Crippen LogP contribution in [0.4, 0.5) is 10.2 Å². The summed E-state index contributed by atoms with van der Waals surface area (Å²) in [7, 11) is 0. The van der Waals surface area contributed by atoms with Gasteiger partial charge in [0.2, 0.25) is 0 Å². The van der Waals surface area contributed by atoms with Gasteiger partial charge in [-0.05, 0) is 18.2 Å². The second kappa shape index (κ2) is 4.40. The molecular weight excluding hydrogens is 233 g/mol. The summed E-state index contributed by atoms with van der Waals surface area (Å²) in [5.74, 6) is 0.409. The molecule has 1 aromatic heterocycles. The summed E-state index contributed by atoms with van der Waals surface area (Å²) >= 11 is 5.78. The molecule has 0 unspecified atom stereocenters. The Morgan fingerprint density at radius 3 is 2.88 bits per heavy atom. The van der Waals surface area contributed by atoms with Crippen LogP contribution in [0.1, 0.15) is 0 Å². The summed E-state index contributed by atoms with van der Waals surface area (Å²) in [5, 5.41) is 4.15. The van der Waals surface area contributed by atoms with Crippen LogP contribution in [0.2, 0.25) is 5.02 Å². The van der Waals surface area contributed by atoms with Gasteiger partial charge in [0.25, 0.3) is 0 Å². The van der Waals surface area contributed by atoms with Crippen molar-refractivity contribution >= 4 is 17.4 Å². The number of hydrogen-bond donors (Lipinski definition) is 1. The van der Waals surface area contributed by atoms with Gasteiger partial charge in [-0.1, -0.05) is 11.6 Å². The summed E-state index contributed by atoms with van der Waals surface area (Å²) < 4.78 is 19.6. The quantitative estimate of drug-likeness (QED) is 0.897. The third-order valence-electron chi connectivity index (χ3n) is 1.91. The molecule has 0 aliphatic carbocycles. The molecule has 0 spiro atoms. The van der Waals surface area contributed by atoms with E-state index in [0.717, 1.165) is 0 Å². The number of hydrogen-bond acceptors (Lipinski definition) is 3. The minimum absolute atomic E-state index is 0.169. The molecule has 84 valence electrons. The first-order chi connectivity index (χ1) is 7.65. The van der Waals surface area contributed by atoms with Crippen LogP contribution in [-0.4, -0.2) is 9.78 Å². The molecule has 0 aliphatic rings. The Balaban J connectivity index is 2.04. The van der Waals surface area contributed by atoms with Crippen LogP contribution >= 0.6 is 11.6 Å². The van der Waals surface area contributed by atoms with Gasteiger partial charge in [-0.2, -0.15) is 5.10 Å². The first-order valence-corrected chi connectivity index (χ1v) is 4.90. The number of nitrogens with two attached hydrogens (primary N) is 1. The van der Waals surface area contributed by atoms with Crippen molar-refractivity contribution in [1.82, 2.24) is 9.78 Å². The van der Waals surface area contributed by atoms with Gasteiger partial charge in [0, 0.05) is 12.3 Å². The fraction of sp³-hybridized carbons (Fsp3) is 0.100. The second-order valence-electron chi connectivity index (χ2n) is 3.13. The smallest absolute Gasteiger partial charge is 0.181 e. The molecule has 1 aromatic carbocycles. The zero-order chi connectivity index (χ0) is 11.5. The molecule has 4 nitrogen and oxygen atoms in total. The normalized spacial score (nSPS) is 10.4. The Morgan fingerprint density at radius 1 is 1.44 bits per heavy atom. The van der Waals surface area contributed by atoms with Crippen LogP contribution in [0.25, 0.3) is 0 Å². The SMILES string of the molecule is Nc1ccn(COc2ccc(F)cc2Cl)n1. The van der Waals surface area contributed by atoms with Crippen LogP contribution in [-0.2, 0) is 6.73 Å². The molecule has 0 fully saturated rings. The maximum atomic E-state index is 12.7. The lowest BCUT2D eigenvalue weighted by atomic mass is 10.3. The van der Waals surface area contributed by atoms with E-state index in [1.807, 2.05) is 0 Å². The fourth-order valence-corrected chi connectivity index (χ4v) is 1.40. The Hall–Kier alpha value is -1.75. The summed E-state index contributed by atoms with van der Waals surface area (Å²) in [5.41, 5.74) is 5.43. The Kier molecular flexibility index (Phi) is 2.96. The highest BCUT2D eigenvalue weighted by molar-refractivity contribution is 6.32. The number of aromatic nitrogens is 2. The predicted molar refractivity (Wildman–Crippen MR) is 58.7 cm³/mol. The number of ether oxygens (including phenoxy) is 1. The lowest BCUT2D eigenvalue weighted by molar-refractivity contribution is 0.221. The van der Waals surface area contributed by atoms with Gasteiger partial charge in [-0.25, -0.2) is 9.07 Å². The molecular formula is C10H9ClFN3O. The second-order valence-corrected chi connectivity index (χ2v) is 3.54. The van der Waals surface area contributed by atoms with Crippen LogP contribution in [0, 0.1) is 5.82 Å². The van der Waals surface area contributed by atoms with Crippen LogP contribution in [0.5, 0.6) is 5.75 Å². The standard InChI is InChI=1S/C10H9ClFN3O/c11-8-5-7(12)1-2-9(8)16-6-15-4-3-10(13)14-15/h1-5H,6H2,(H2,13,14). The monoisotopic (exact) mass is 241 g/mol. The topological polar surface area (TPSA) is 53.1 Å².